The van der Waals surface area contributed by atoms with Gasteiger partial charge in [0.2, 0.25) is 5.43 Å². The molecule has 0 saturated heterocycles. The summed E-state index contributed by atoms with van der Waals surface area (Å²) in [5, 5.41) is 4.28. The number of rotatable bonds is 4. The van der Waals surface area contributed by atoms with Gasteiger partial charge >= 0.3 is 0 Å². The quantitative estimate of drug-likeness (QED) is 0.688. The topological polar surface area (TPSA) is 62.0 Å². The molecule has 1 amide bonds. The molecule has 0 spiro atoms. The van der Waals surface area contributed by atoms with Gasteiger partial charge in [0.15, 0.2) is 0 Å². The summed E-state index contributed by atoms with van der Waals surface area (Å²) in [7, 11) is 0. The molecule has 1 aromatic heterocycles. The first kappa shape index (κ1) is 18.5. The van der Waals surface area contributed by atoms with Crippen molar-refractivity contribution < 1.29 is 4.79 Å². The maximum Gasteiger partial charge on any atom is 0.256 e. The Labute approximate surface area is 161 Å². The Bertz CT molecular complexity index is 1040. The number of H-pyrrole nitrogens is 1. The summed E-state index contributed by atoms with van der Waals surface area (Å²) in [6.07, 6.45) is 1.45. The number of pyridine rings is 1. The number of carbonyl (C=O) groups is 1. The van der Waals surface area contributed by atoms with E-state index in [-0.39, 0.29) is 16.4 Å². The molecule has 2 N–H and O–H groups in total. The highest BCUT2D eigenvalue weighted by Crippen LogP contribution is 2.29. The van der Waals surface area contributed by atoms with E-state index < -0.39 is 5.91 Å². The van der Waals surface area contributed by atoms with Gasteiger partial charge in [-0.25, -0.2) is 0 Å². The van der Waals surface area contributed by atoms with Gasteiger partial charge in [0.05, 0.1) is 10.0 Å². The number of aromatic amines is 1. The minimum atomic E-state index is -0.412. The van der Waals surface area contributed by atoms with Crippen LogP contribution in [0.25, 0.3) is 10.9 Å². The lowest BCUT2D eigenvalue weighted by molar-refractivity contribution is 0.0944. The first-order valence-electron chi connectivity index (χ1n) is 8.14. The van der Waals surface area contributed by atoms with Gasteiger partial charge in [-0.1, -0.05) is 55.2 Å². The highest BCUT2D eigenvalue weighted by molar-refractivity contribution is 6.42. The molecular weight excluding hydrogens is 371 g/mol. The van der Waals surface area contributed by atoms with E-state index in [1.165, 1.54) is 6.20 Å². The van der Waals surface area contributed by atoms with Crippen LogP contribution in [0.5, 0.6) is 0 Å². The number of nitrogens with one attached hydrogen (secondary N) is 2. The van der Waals surface area contributed by atoms with Crippen LogP contribution in [0.2, 0.25) is 10.0 Å². The molecule has 0 bridgehead atoms. The first-order valence-corrected chi connectivity index (χ1v) is 8.89. The van der Waals surface area contributed by atoms with Crippen LogP contribution in [0.1, 0.15) is 29.8 Å². The number of aromatic nitrogens is 1. The predicted molar refractivity (Wildman–Crippen MR) is 106 cm³/mol. The van der Waals surface area contributed by atoms with Crippen molar-refractivity contribution in [1.82, 2.24) is 10.3 Å². The van der Waals surface area contributed by atoms with E-state index in [1.54, 1.807) is 30.3 Å². The number of halogens is 2. The molecule has 0 atom stereocenters. The minimum absolute atomic E-state index is 0.0913. The number of benzene rings is 2. The van der Waals surface area contributed by atoms with Crippen LogP contribution in [-0.4, -0.2) is 17.4 Å². The van der Waals surface area contributed by atoms with E-state index in [9.17, 15) is 9.59 Å². The maximum atomic E-state index is 12.5. The van der Waals surface area contributed by atoms with Crippen molar-refractivity contribution in [3.05, 3.63) is 80.1 Å². The van der Waals surface area contributed by atoms with Crippen LogP contribution < -0.4 is 10.7 Å². The van der Waals surface area contributed by atoms with Crippen molar-refractivity contribution in [3.63, 3.8) is 0 Å². The fourth-order valence-corrected chi connectivity index (χ4v) is 3.05. The van der Waals surface area contributed by atoms with Crippen molar-refractivity contribution in [2.75, 3.05) is 6.54 Å². The van der Waals surface area contributed by atoms with E-state index in [4.69, 9.17) is 23.2 Å². The van der Waals surface area contributed by atoms with Crippen LogP contribution in [0.15, 0.2) is 53.5 Å². The van der Waals surface area contributed by atoms with Gasteiger partial charge in [-0.15, -0.1) is 0 Å². The summed E-state index contributed by atoms with van der Waals surface area (Å²) >= 11 is 12.1. The molecule has 0 radical (unpaired) electrons. The van der Waals surface area contributed by atoms with Crippen molar-refractivity contribution in [1.29, 1.82) is 0 Å². The molecule has 0 fully saturated rings. The summed E-state index contributed by atoms with van der Waals surface area (Å²) < 4.78 is 0. The number of amides is 1. The minimum Gasteiger partial charge on any atom is -0.360 e. The highest BCUT2D eigenvalue weighted by Gasteiger charge is 2.23. The fraction of sp³-hybridized carbons (Fsp3) is 0.200. The van der Waals surface area contributed by atoms with E-state index in [1.807, 2.05) is 26.0 Å². The summed E-state index contributed by atoms with van der Waals surface area (Å²) in [6, 6.07) is 12.5. The van der Waals surface area contributed by atoms with Crippen LogP contribution in [0.3, 0.4) is 0 Å². The van der Waals surface area contributed by atoms with E-state index in [0.29, 0.717) is 27.5 Å². The zero-order chi connectivity index (χ0) is 18.9. The third-order valence-electron chi connectivity index (χ3n) is 4.42. The van der Waals surface area contributed by atoms with Gasteiger partial charge < -0.3 is 10.3 Å². The molecule has 26 heavy (non-hydrogen) atoms. The largest absolute Gasteiger partial charge is 0.360 e. The Morgan fingerprint density at radius 3 is 2.58 bits per heavy atom. The first-order chi connectivity index (χ1) is 12.3. The van der Waals surface area contributed by atoms with Gasteiger partial charge in [0, 0.05) is 29.1 Å². The number of fused-ring (bicyclic) bond motifs is 1. The zero-order valence-electron chi connectivity index (χ0n) is 14.4. The molecule has 3 rings (SSSR count). The summed E-state index contributed by atoms with van der Waals surface area (Å²) in [5.74, 6) is -0.412. The highest BCUT2D eigenvalue weighted by atomic mass is 35.5. The Morgan fingerprint density at radius 1 is 1.12 bits per heavy atom. The van der Waals surface area contributed by atoms with Crippen LogP contribution in [-0.2, 0) is 5.41 Å². The number of para-hydroxylation sites is 1. The third kappa shape index (κ3) is 3.62. The molecule has 4 nitrogen and oxygen atoms in total. The SMILES string of the molecule is CC(C)(CNC(=O)c1c[nH]c2ccccc2c1=O)c1ccc(Cl)c(Cl)c1. The number of hydrogen-bond donors (Lipinski definition) is 2. The number of hydrogen-bond acceptors (Lipinski definition) is 2. The van der Waals surface area contributed by atoms with Crippen molar-refractivity contribution in [2.24, 2.45) is 0 Å². The monoisotopic (exact) mass is 388 g/mol. The Balaban J connectivity index is 1.81. The average Bonchev–Trinajstić information content (AvgIpc) is 2.62. The van der Waals surface area contributed by atoms with Crippen molar-refractivity contribution >= 4 is 40.0 Å². The van der Waals surface area contributed by atoms with E-state index in [2.05, 4.69) is 10.3 Å². The Kier molecular flexibility index (Phi) is 5.08. The molecule has 0 aliphatic heterocycles. The maximum absolute atomic E-state index is 12.5. The van der Waals surface area contributed by atoms with Gasteiger partial charge in [-0.05, 0) is 29.8 Å². The summed E-state index contributed by atoms with van der Waals surface area (Å²) in [4.78, 5) is 28.1. The molecule has 0 aliphatic carbocycles. The van der Waals surface area contributed by atoms with Crippen LogP contribution >= 0.6 is 23.2 Å². The van der Waals surface area contributed by atoms with Crippen molar-refractivity contribution in [3.8, 4) is 0 Å². The summed E-state index contributed by atoms with van der Waals surface area (Å²) in [5.41, 5.74) is 1.07. The second kappa shape index (κ2) is 7.14. The lowest BCUT2D eigenvalue weighted by Gasteiger charge is -2.26. The lowest BCUT2D eigenvalue weighted by atomic mass is 9.84. The van der Waals surface area contributed by atoms with Crippen LogP contribution in [0.4, 0.5) is 0 Å². The van der Waals surface area contributed by atoms with Gasteiger partial charge in [-0.3, -0.25) is 9.59 Å². The van der Waals surface area contributed by atoms with Crippen LogP contribution in [0, 0.1) is 0 Å². The lowest BCUT2D eigenvalue weighted by Crippen LogP contribution is -2.38. The third-order valence-corrected chi connectivity index (χ3v) is 5.16. The summed E-state index contributed by atoms with van der Waals surface area (Å²) in [6.45, 7) is 4.31. The molecule has 0 aliphatic rings. The van der Waals surface area contributed by atoms with Crippen molar-refractivity contribution in [2.45, 2.75) is 19.3 Å². The zero-order valence-corrected chi connectivity index (χ0v) is 15.9. The molecule has 2 aromatic carbocycles. The number of carbonyl (C=O) groups excluding carboxylic acids is 1. The second-order valence-electron chi connectivity index (χ2n) is 6.77. The second-order valence-corrected chi connectivity index (χ2v) is 7.59. The van der Waals surface area contributed by atoms with Gasteiger partial charge in [0.25, 0.3) is 5.91 Å². The molecule has 0 unspecified atom stereocenters. The molecular formula is C20H18Cl2N2O2. The molecule has 3 aromatic rings. The van der Waals surface area contributed by atoms with Gasteiger partial charge in [-0.2, -0.15) is 0 Å². The molecule has 134 valence electrons. The van der Waals surface area contributed by atoms with E-state index in [0.717, 1.165) is 5.56 Å². The van der Waals surface area contributed by atoms with E-state index >= 15 is 0 Å². The molecule has 1 heterocycles. The Hall–Kier alpha value is -2.30. The molecule has 6 heteroatoms. The Morgan fingerprint density at radius 2 is 1.85 bits per heavy atom. The predicted octanol–water partition coefficient (Wildman–Crippen LogP) is 4.54. The fourth-order valence-electron chi connectivity index (χ4n) is 2.75. The molecule has 0 saturated carbocycles. The normalized spacial score (nSPS) is 11.5. The van der Waals surface area contributed by atoms with Gasteiger partial charge in [0.1, 0.15) is 5.56 Å². The smallest absolute Gasteiger partial charge is 0.256 e. The average molecular weight is 389 g/mol. The standard InChI is InChI=1S/C20H18Cl2N2O2/c1-20(2,12-7-8-15(21)16(22)9-12)11-24-19(26)14-10-23-17-6-4-3-5-13(17)18(14)25/h3-10H,11H2,1-2H3,(H,23,25)(H,24,26).